The van der Waals surface area contributed by atoms with Gasteiger partial charge in [0.1, 0.15) is 0 Å². The summed E-state index contributed by atoms with van der Waals surface area (Å²) in [4.78, 5) is 13.6. The Morgan fingerprint density at radius 1 is 1.10 bits per heavy atom. The van der Waals surface area contributed by atoms with E-state index >= 15 is 0 Å². The van der Waals surface area contributed by atoms with Crippen molar-refractivity contribution in [3.8, 4) is 17.6 Å². The number of thioether (sulfide) groups is 1. The average Bonchev–Trinajstić information content (AvgIpc) is 2.77. The predicted octanol–water partition coefficient (Wildman–Crippen LogP) is 4.49. The molecule has 0 spiro atoms. The number of benzene rings is 3. The van der Waals surface area contributed by atoms with Gasteiger partial charge in [0.05, 0.1) is 24.3 Å². The highest BCUT2D eigenvalue weighted by Crippen LogP contribution is 2.28. The van der Waals surface area contributed by atoms with E-state index in [2.05, 4.69) is 11.4 Å². The minimum absolute atomic E-state index is 0.0622. The van der Waals surface area contributed by atoms with Crippen LogP contribution in [0.15, 0.2) is 71.6 Å². The molecule has 3 rings (SSSR count). The number of hydrogen-bond donors (Lipinski definition) is 2. The molecular formula is C23H20N2O3S. The molecule has 0 fully saturated rings. The molecule has 0 radical (unpaired) electrons. The average molecular weight is 404 g/mol. The number of methoxy groups -OCH3 is 1. The standard InChI is InChI=1S/C23H20N2O3S/c1-28-21-12-18(10-11-20(21)26)14-25-23(27)19-4-2-3-5-22(19)29-15-17-8-6-16(13-24)7-9-17/h2-12,26H,14-15H2,1H3,(H,25,27). The van der Waals surface area contributed by atoms with Crippen molar-refractivity contribution >= 4 is 17.7 Å². The monoisotopic (exact) mass is 404 g/mol. The number of nitrogens with one attached hydrogen (secondary N) is 1. The number of amides is 1. The Morgan fingerprint density at radius 3 is 2.55 bits per heavy atom. The summed E-state index contributed by atoms with van der Waals surface area (Å²) in [6, 6.07) is 22.0. The molecule has 0 bridgehead atoms. The Morgan fingerprint density at radius 2 is 1.83 bits per heavy atom. The third-order valence-corrected chi connectivity index (χ3v) is 5.45. The van der Waals surface area contributed by atoms with Gasteiger partial charge in [-0.15, -0.1) is 11.8 Å². The summed E-state index contributed by atoms with van der Waals surface area (Å²) in [5.74, 6) is 0.966. The molecule has 0 aliphatic carbocycles. The van der Waals surface area contributed by atoms with E-state index in [4.69, 9.17) is 10.00 Å². The quantitative estimate of drug-likeness (QED) is 0.567. The lowest BCUT2D eigenvalue weighted by molar-refractivity contribution is 0.0948. The van der Waals surface area contributed by atoms with Crippen molar-refractivity contribution in [2.45, 2.75) is 17.2 Å². The fourth-order valence-electron chi connectivity index (χ4n) is 2.73. The fourth-order valence-corrected chi connectivity index (χ4v) is 3.73. The number of rotatable bonds is 7. The Balaban J connectivity index is 1.65. The topological polar surface area (TPSA) is 82.3 Å². The smallest absolute Gasteiger partial charge is 0.252 e. The highest BCUT2D eigenvalue weighted by atomic mass is 32.2. The van der Waals surface area contributed by atoms with Crippen molar-refractivity contribution in [2.24, 2.45) is 0 Å². The van der Waals surface area contributed by atoms with Gasteiger partial charge in [0.15, 0.2) is 11.5 Å². The van der Waals surface area contributed by atoms with E-state index in [1.165, 1.54) is 7.11 Å². The molecule has 0 saturated carbocycles. The molecule has 0 aliphatic rings. The number of phenols is 1. The molecule has 0 aliphatic heterocycles. The molecule has 3 aromatic carbocycles. The van der Waals surface area contributed by atoms with Crippen LogP contribution in [0, 0.1) is 11.3 Å². The number of hydrogen-bond acceptors (Lipinski definition) is 5. The van der Waals surface area contributed by atoms with E-state index in [1.807, 2.05) is 30.3 Å². The summed E-state index contributed by atoms with van der Waals surface area (Å²) in [6.07, 6.45) is 0. The van der Waals surface area contributed by atoms with E-state index < -0.39 is 0 Å². The minimum atomic E-state index is -0.167. The first-order valence-electron chi connectivity index (χ1n) is 8.95. The number of nitrogens with zero attached hydrogens (tertiary/aromatic N) is 1. The third-order valence-electron chi connectivity index (χ3n) is 4.31. The van der Waals surface area contributed by atoms with Crippen LogP contribution in [0.1, 0.15) is 27.0 Å². The van der Waals surface area contributed by atoms with Crippen LogP contribution in [-0.4, -0.2) is 18.1 Å². The molecule has 0 unspecified atom stereocenters. The SMILES string of the molecule is COc1cc(CNC(=O)c2ccccc2SCc2ccc(C#N)cc2)ccc1O. The van der Waals surface area contributed by atoms with Crippen LogP contribution in [0.4, 0.5) is 0 Å². The molecule has 5 nitrogen and oxygen atoms in total. The molecule has 1 amide bonds. The highest BCUT2D eigenvalue weighted by molar-refractivity contribution is 7.98. The van der Waals surface area contributed by atoms with Gasteiger partial charge in [-0.2, -0.15) is 5.26 Å². The van der Waals surface area contributed by atoms with Crippen LogP contribution in [0.25, 0.3) is 0 Å². The second kappa shape index (κ2) is 9.67. The number of ether oxygens (including phenoxy) is 1. The van der Waals surface area contributed by atoms with Crippen molar-refractivity contribution in [3.63, 3.8) is 0 Å². The van der Waals surface area contributed by atoms with Crippen LogP contribution >= 0.6 is 11.8 Å². The Hall–Kier alpha value is -3.43. The van der Waals surface area contributed by atoms with E-state index in [0.29, 0.717) is 29.2 Å². The van der Waals surface area contributed by atoms with Gasteiger partial charge in [-0.1, -0.05) is 30.3 Å². The Kier molecular flexibility index (Phi) is 6.77. The van der Waals surface area contributed by atoms with E-state index in [0.717, 1.165) is 16.0 Å². The summed E-state index contributed by atoms with van der Waals surface area (Å²) in [5.41, 5.74) is 3.15. The van der Waals surface area contributed by atoms with Crippen LogP contribution in [0.3, 0.4) is 0 Å². The van der Waals surface area contributed by atoms with Gasteiger partial charge in [-0.05, 0) is 47.5 Å². The lowest BCUT2D eigenvalue weighted by Gasteiger charge is -2.11. The molecule has 29 heavy (non-hydrogen) atoms. The molecule has 146 valence electrons. The third kappa shape index (κ3) is 5.31. The number of aromatic hydroxyl groups is 1. The highest BCUT2D eigenvalue weighted by Gasteiger charge is 2.12. The number of phenolic OH excluding ortho intramolecular Hbond substituents is 1. The lowest BCUT2D eigenvalue weighted by atomic mass is 10.1. The molecule has 0 heterocycles. The van der Waals surface area contributed by atoms with Crippen molar-refractivity contribution in [1.29, 1.82) is 5.26 Å². The second-order valence-electron chi connectivity index (χ2n) is 6.28. The number of carbonyl (C=O) groups excluding carboxylic acids is 1. The maximum atomic E-state index is 12.7. The van der Waals surface area contributed by atoms with Crippen molar-refractivity contribution in [3.05, 3.63) is 89.0 Å². The maximum absolute atomic E-state index is 12.7. The Bertz CT molecular complexity index is 1040. The van der Waals surface area contributed by atoms with Crippen LogP contribution in [0.2, 0.25) is 0 Å². The van der Waals surface area contributed by atoms with Crippen molar-refractivity contribution < 1.29 is 14.6 Å². The van der Waals surface area contributed by atoms with Gasteiger partial charge in [0, 0.05) is 17.2 Å². The molecule has 0 saturated heterocycles. The fraction of sp³-hybridized carbons (Fsp3) is 0.130. The van der Waals surface area contributed by atoms with Crippen molar-refractivity contribution in [1.82, 2.24) is 5.32 Å². The van der Waals surface area contributed by atoms with E-state index in [9.17, 15) is 9.90 Å². The van der Waals surface area contributed by atoms with Crippen LogP contribution < -0.4 is 10.1 Å². The summed E-state index contributed by atoms with van der Waals surface area (Å²) in [5, 5.41) is 21.5. The van der Waals surface area contributed by atoms with Crippen LogP contribution in [0.5, 0.6) is 11.5 Å². The lowest BCUT2D eigenvalue weighted by Crippen LogP contribution is -2.23. The molecule has 6 heteroatoms. The number of carbonyl (C=O) groups is 1. The zero-order valence-corrected chi connectivity index (χ0v) is 16.7. The molecule has 2 N–H and O–H groups in total. The Labute approximate surface area is 174 Å². The predicted molar refractivity (Wildman–Crippen MR) is 113 cm³/mol. The normalized spacial score (nSPS) is 10.2. The van der Waals surface area contributed by atoms with Gasteiger partial charge in [0.25, 0.3) is 5.91 Å². The minimum Gasteiger partial charge on any atom is -0.504 e. The van der Waals surface area contributed by atoms with Gasteiger partial charge < -0.3 is 15.2 Å². The van der Waals surface area contributed by atoms with Gasteiger partial charge in [-0.25, -0.2) is 0 Å². The van der Waals surface area contributed by atoms with Gasteiger partial charge >= 0.3 is 0 Å². The first kappa shape index (κ1) is 20.3. The molecule has 3 aromatic rings. The van der Waals surface area contributed by atoms with Gasteiger partial charge in [-0.3, -0.25) is 4.79 Å². The zero-order valence-electron chi connectivity index (χ0n) is 15.9. The maximum Gasteiger partial charge on any atom is 0.252 e. The summed E-state index contributed by atoms with van der Waals surface area (Å²) >= 11 is 1.57. The zero-order chi connectivity index (χ0) is 20.6. The second-order valence-corrected chi connectivity index (χ2v) is 7.30. The van der Waals surface area contributed by atoms with Crippen LogP contribution in [-0.2, 0) is 12.3 Å². The molecular weight excluding hydrogens is 384 g/mol. The van der Waals surface area contributed by atoms with E-state index in [-0.39, 0.29) is 11.7 Å². The van der Waals surface area contributed by atoms with Gasteiger partial charge in [0.2, 0.25) is 0 Å². The first-order valence-corrected chi connectivity index (χ1v) is 9.94. The molecule has 0 aromatic heterocycles. The summed E-state index contributed by atoms with van der Waals surface area (Å²) < 4.78 is 5.10. The van der Waals surface area contributed by atoms with Crippen molar-refractivity contribution in [2.75, 3.05) is 7.11 Å². The first-order chi connectivity index (χ1) is 14.1. The largest absolute Gasteiger partial charge is 0.504 e. The summed E-state index contributed by atoms with van der Waals surface area (Å²) in [6.45, 7) is 0.324. The number of nitriles is 1. The summed E-state index contributed by atoms with van der Waals surface area (Å²) in [7, 11) is 1.48. The van der Waals surface area contributed by atoms with E-state index in [1.54, 1.807) is 48.2 Å². The molecule has 0 atom stereocenters.